The van der Waals surface area contributed by atoms with E-state index in [1.807, 2.05) is 30.3 Å². The van der Waals surface area contributed by atoms with Gasteiger partial charge in [-0.1, -0.05) is 30.3 Å². The summed E-state index contributed by atoms with van der Waals surface area (Å²) >= 11 is 0. The number of ether oxygens (including phenoxy) is 3. The highest BCUT2D eigenvalue weighted by Crippen LogP contribution is 2.33. The van der Waals surface area contributed by atoms with Gasteiger partial charge in [0.15, 0.2) is 6.29 Å². The van der Waals surface area contributed by atoms with E-state index in [-0.39, 0.29) is 24.5 Å². The predicted molar refractivity (Wildman–Crippen MR) is 67.4 cm³/mol. The third kappa shape index (κ3) is 2.43. The largest absolute Gasteiger partial charge is 0.445 e. The topological polar surface area (TPSA) is 48.0 Å². The van der Waals surface area contributed by atoms with Crippen LogP contribution in [0.3, 0.4) is 0 Å². The first-order chi connectivity index (χ1) is 9.28. The number of amides is 1. The molecule has 2 saturated heterocycles. The first kappa shape index (κ1) is 12.4. The molecule has 1 aromatic carbocycles. The molecule has 3 atom stereocenters. The molecule has 1 amide bonds. The van der Waals surface area contributed by atoms with E-state index in [1.165, 1.54) is 0 Å². The number of morpholine rings is 1. The highest BCUT2D eigenvalue weighted by Gasteiger charge is 2.49. The summed E-state index contributed by atoms with van der Waals surface area (Å²) < 4.78 is 16.1. The van der Waals surface area contributed by atoms with Crippen molar-refractivity contribution in [3.63, 3.8) is 0 Å². The summed E-state index contributed by atoms with van der Waals surface area (Å²) in [7, 11) is 1.60. The zero-order valence-corrected chi connectivity index (χ0v) is 10.8. The number of fused-ring (bicyclic) bond motifs is 2. The highest BCUT2D eigenvalue weighted by atomic mass is 16.7. The summed E-state index contributed by atoms with van der Waals surface area (Å²) in [5.41, 5.74) is 0.986. The number of likely N-dealkylation sites (tertiary alicyclic amines) is 1. The van der Waals surface area contributed by atoms with Crippen molar-refractivity contribution in [3.05, 3.63) is 35.9 Å². The Morgan fingerprint density at radius 2 is 2.21 bits per heavy atom. The molecule has 5 heteroatoms. The second-order valence-corrected chi connectivity index (χ2v) is 4.86. The lowest BCUT2D eigenvalue weighted by Crippen LogP contribution is -2.47. The van der Waals surface area contributed by atoms with Crippen molar-refractivity contribution in [2.45, 2.75) is 31.5 Å². The van der Waals surface area contributed by atoms with E-state index in [0.29, 0.717) is 13.2 Å². The van der Waals surface area contributed by atoms with Crippen LogP contribution in [0.2, 0.25) is 0 Å². The normalized spacial score (nSPS) is 28.7. The van der Waals surface area contributed by atoms with Crippen molar-refractivity contribution >= 4 is 6.09 Å². The molecule has 0 N–H and O–H groups in total. The van der Waals surface area contributed by atoms with E-state index < -0.39 is 0 Å². The Morgan fingerprint density at radius 3 is 2.89 bits per heavy atom. The number of rotatable bonds is 3. The van der Waals surface area contributed by atoms with Crippen molar-refractivity contribution in [2.24, 2.45) is 0 Å². The fourth-order valence-corrected chi connectivity index (χ4v) is 2.69. The molecule has 0 spiro atoms. The molecule has 3 rings (SSSR count). The van der Waals surface area contributed by atoms with Gasteiger partial charge in [-0.05, 0) is 5.56 Å². The first-order valence-corrected chi connectivity index (χ1v) is 6.43. The lowest BCUT2D eigenvalue weighted by molar-refractivity contribution is -0.162. The molecule has 2 aliphatic heterocycles. The van der Waals surface area contributed by atoms with Crippen molar-refractivity contribution in [2.75, 3.05) is 13.7 Å². The molecule has 3 unspecified atom stereocenters. The Hall–Kier alpha value is -1.59. The molecule has 0 saturated carbocycles. The molecule has 1 aromatic rings. The van der Waals surface area contributed by atoms with Crippen LogP contribution in [-0.2, 0) is 20.8 Å². The molecule has 5 nitrogen and oxygen atoms in total. The monoisotopic (exact) mass is 263 g/mol. The molecular formula is C14H17NO4. The maximum atomic E-state index is 12.1. The van der Waals surface area contributed by atoms with Crippen LogP contribution in [0, 0.1) is 0 Å². The van der Waals surface area contributed by atoms with Gasteiger partial charge in [0.1, 0.15) is 6.61 Å². The van der Waals surface area contributed by atoms with Gasteiger partial charge in [0.05, 0.1) is 18.7 Å². The van der Waals surface area contributed by atoms with Gasteiger partial charge in [0.2, 0.25) is 0 Å². The third-order valence-corrected chi connectivity index (χ3v) is 3.62. The standard InChI is InChI=1S/C14H17NO4/c1-17-13-12-7-11(19-13)8-15(12)14(16)18-9-10-5-3-2-4-6-10/h2-6,11-13H,7-9H2,1H3. The zero-order chi connectivity index (χ0) is 13.2. The Labute approximate surface area is 112 Å². The minimum Gasteiger partial charge on any atom is -0.445 e. The van der Waals surface area contributed by atoms with Gasteiger partial charge in [0, 0.05) is 13.5 Å². The van der Waals surface area contributed by atoms with Crippen LogP contribution in [0.25, 0.3) is 0 Å². The average Bonchev–Trinajstić information content (AvgIpc) is 3.05. The molecule has 102 valence electrons. The highest BCUT2D eigenvalue weighted by molar-refractivity contribution is 5.69. The van der Waals surface area contributed by atoms with Crippen LogP contribution in [0.1, 0.15) is 12.0 Å². The summed E-state index contributed by atoms with van der Waals surface area (Å²) in [6, 6.07) is 9.64. The second-order valence-electron chi connectivity index (χ2n) is 4.86. The molecule has 2 fully saturated rings. The quantitative estimate of drug-likeness (QED) is 0.834. The SMILES string of the molecule is COC1OC2CC1N(C(=O)OCc1ccccc1)C2. The number of hydrogen-bond acceptors (Lipinski definition) is 4. The number of hydrogen-bond donors (Lipinski definition) is 0. The average molecular weight is 263 g/mol. The second kappa shape index (κ2) is 5.19. The summed E-state index contributed by atoms with van der Waals surface area (Å²) in [6.07, 6.45) is 0.308. The molecule has 0 aromatic heterocycles. The van der Waals surface area contributed by atoms with E-state index in [2.05, 4.69) is 0 Å². The van der Waals surface area contributed by atoms with Gasteiger partial charge < -0.3 is 14.2 Å². The van der Waals surface area contributed by atoms with Crippen molar-refractivity contribution in [3.8, 4) is 0 Å². The van der Waals surface area contributed by atoms with Gasteiger partial charge in [-0.15, -0.1) is 0 Å². The number of methoxy groups -OCH3 is 1. The van der Waals surface area contributed by atoms with Crippen LogP contribution in [0.4, 0.5) is 4.79 Å². The van der Waals surface area contributed by atoms with Crippen molar-refractivity contribution < 1.29 is 19.0 Å². The number of carbonyl (C=O) groups is 1. The minimum atomic E-state index is -0.317. The number of carbonyl (C=O) groups excluding carboxylic acids is 1. The summed E-state index contributed by atoms with van der Waals surface area (Å²) in [5.74, 6) is 0. The van der Waals surface area contributed by atoms with Crippen LogP contribution >= 0.6 is 0 Å². The fraction of sp³-hybridized carbons (Fsp3) is 0.500. The zero-order valence-electron chi connectivity index (χ0n) is 10.8. The van der Waals surface area contributed by atoms with E-state index in [4.69, 9.17) is 14.2 Å². The van der Waals surface area contributed by atoms with E-state index >= 15 is 0 Å². The van der Waals surface area contributed by atoms with Gasteiger partial charge >= 0.3 is 6.09 Å². The van der Waals surface area contributed by atoms with Gasteiger partial charge in [-0.2, -0.15) is 0 Å². The molecular weight excluding hydrogens is 246 g/mol. The van der Waals surface area contributed by atoms with Crippen molar-refractivity contribution in [1.29, 1.82) is 0 Å². The molecule has 19 heavy (non-hydrogen) atoms. The maximum absolute atomic E-state index is 12.1. The van der Waals surface area contributed by atoms with Gasteiger partial charge in [0.25, 0.3) is 0 Å². The maximum Gasteiger partial charge on any atom is 0.410 e. The Morgan fingerprint density at radius 1 is 1.42 bits per heavy atom. The van der Waals surface area contributed by atoms with Crippen LogP contribution in [-0.4, -0.2) is 43.1 Å². The molecule has 0 radical (unpaired) electrons. The third-order valence-electron chi connectivity index (χ3n) is 3.62. The fourth-order valence-electron chi connectivity index (χ4n) is 2.69. The van der Waals surface area contributed by atoms with E-state index in [0.717, 1.165) is 12.0 Å². The molecule has 2 heterocycles. The Balaban J connectivity index is 1.57. The van der Waals surface area contributed by atoms with E-state index in [1.54, 1.807) is 12.0 Å². The minimum absolute atomic E-state index is 0.0155. The van der Waals surface area contributed by atoms with E-state index in [9.17, 15) is 4.79 Å². The Kier molecular flexibility index (Phi) is 3.40. The van der Waals surface area contributed by atoms with Crippen LogP contribution in [0.5, 0.6) is 0 Å². The molecule has 0 aliphatic carbocycles. The summed E-state index contributed by atoms with van der Waals surface area (Å²) in [5, 5.41) is 0. The smallest absolute Gasteiger partial charge is 0.410 e. The first-order valence-electron chi connectivity index (χ1n) is 6.43. The summed E-state index contributed by atoms with van der Waals surface area (Å²) in [6.45, 7) is 0.893. The lowest BCUT2D eigenvalue weighted by atomic mass is 10.2. The Bertz CT molecular complexity index is 450. The van der Waals surface area contributed by atoms with Crippen LogP contribution in [0.15, 0.2) is 30.3 Å². The summed E-state index contributed by atoms with van der Waals surface area (Å²) in [4.78, 5) is 13.8. The van der Waals surface area contributed by atoms with Gasteiger partial charge in [-0.3, -0.25) is 4.90 Å². The predicted octanol–water partition coefficient (Wildman–Crippen LogP) is 1.77. The molecule has 2 bridgehead atoms. The lowest BCUT2D eigenvalue weighted by Gasteiger charge is -2.31. The molecule has 2 aliphatic rings. The van der Waals surface area contributed by atoms with Crippen LogP contribution < -0.4 is 0 Å². The number of benzene rings is 1. The number of nitrogens with zero attached hydrogens (tertiary/aromatic N) is 1. The van der Waals surface area contributed by atoms with Gasteiger partial charge in [-0.25, -0.2) is 4.79 Å². The van der Waals surface area contributed by atoms with Crippen molar-refractivity contribution in [1.82, 2.24) is 4.90 Å².